The van der Waals surface area contributed by atoms with Gasteiger partial charge in [0.05, 0.1) is 0 Å². The molecule has 1 unspecified atom stereocenters. The van der Waals surface area contributed by atoms with Gasteiger partial charge in [-0.1, -0.05) is 40.5 Å². The summed E-state index contributed by atoms with van der Waals surface area (Å²) in [6, 6.07) is 10.4. The van der Waals surface area contributed by atoms with Crippen LogP contribution in [0.15, 0.2) is 47.2 Å². The minimum atomic E-state index is 0.245. The fourth-order valence-corrected chi connectivity index (χ4v) is 3.04. The first-order valence-corrected chi connectivity index (χ1v) is 7.94. The topological polar surface area (TPSA) is 24.9 Å². The number of aromatic nitrogens is 1. The molecule has 0 aliphatic heterocycles. The molecule has 0 amide bonds. The van der Waals surface area contributed by atoms with Crippen LogP contribution in [-0.4, -0.2) is 11.5 Å². The highest BCUT2D eigenvalue weighted by Crippen LogP contribution is 2.26. The highest BCUT2D eigenvalue weighted by Gasteiger charge is 2.13. The Bertz CT molecular complexity index is 525. The molecule has 2 nitrogen and oxygen atoms in total. The molecule has 1 heterocycles. The van der Waals surface area contributed by atoms with Crippen molar-refractivity contribution in [2.45, 2.75) is 25.8 Å². The van der Waals surface area contributed by atoms with Crippen molar-refractivity contribution in [3.05, 3.63) is 63.3 Å². The molecule has 2 aromatic rings. The van der Waals surface area contributed by atoms with E-state index in [1.54, 1.807) is 6.20 Å². The van der Waals surface area contributed by atoms with Crippen molar-refractivity contribution in [1.82, 2.24) is 10.3 Å². The highest BCUT2D eigenvalue weighted by molar-refractivity contribution is 9.10. The second-order valence-electron chi connectivity index (χ2n) is 4.77. The van der Waals surface area contributed by atoms with E-state index in [-0.39, 0.29) is 6.04 Å². The molecule has 1 aromatic heterocycles. The van der Waals surface area contributed by atoms with Crippen molar-refractivity contribution >= 4 is 27.5 Å². The molecule has 0 saturated carbocycles. The summed E-state index contributed by atoms with van der Waals surface area (Å²) < 4.78 is 1.01. The van der Waals surface area contributed by atoms with Crippen LogP contribution in [0.2, 0.25) is 5.02 Å². The van der Waals surface area contributed by atoms with Crippen LogP contribution in [0.5, 0.6) is 0 Å². The van der Waals surface area contributed by atoms with Crippen molar-refractivity contribution < 1.29 is 0 Å². The first-order valence-electron chi connectivity index (χ1n) is 6.77. The lowest BCUT2D eigenvalue weighted by Gasteiger charge is -2.19. The van der Waals surface area contributed by atoms with Gasteiger partial charge in [0.1, 0.15) is 0 Å². The molecule has 106 valence electrons. The van der Waals surface area contributed by atoms with E-state index in [1.807, 2.05) is 24.4 Å². The lowest BCUT2D eigenvalue weighted by Crippen LogP contribution is -2.24. The van der Waals surface area contributed by atoms with Gasteiger partial charge < -0.3 is 5.32 Å². The summed E-state index contributed by atoms with van der Waals surface area (Å²) >= 11 is 9.67. The molecule has 0 radical (unpaired) electrons. The van der Waals surface area contributed by atoms with Gasteiger partial charge in [0.15, 0.2) is 0 Å². The molecule has 0 aliphatic rings. The molecule has 2 rings (SSSR count). The van der Waals surface area contributed by atoms with Crippen LogP contribution < -0.4 is 5.32 Å². The summed E-state index contributed by atoms with van der Waals surface area (Å²) in [7, 11) is 0. The lowest BCUT2D eigenvalue weighted by atomic mass is 9.99. The molecule has 20 heavy (non-hydrogen) atoms. The average Bonchev–Trinajstić information content (AvgIpc) is 2.43. The van der Waals surface area contributed by atoms with Gasteiger partial charge in [0.25, 0.3) is 0 Å². The molecular weight excluding hydrogens is 336 g/mol. The lowest BCUT2D eigenvalue weighted by molar-refractivity contribution is 0.528. The van der Waals surface area contributed by atoms with E-state index in [0.29, 0.717) is 0 Å². The Kier molecular flexibility index (Phi) is 6.02. The molecule has 0 fully saturated rings. The summed E-state index contributed by atoms with van der Waals surface area (Å²) in [4.78, 5) is 4.18. The minimum absolute atomic E-state index is 0.245. The van der Waals surface area contributed by atoms with E-state index in [0.717, 1.165) is 28.9 Å². The number of nitrogens with one attached hydrogen (secondary N) is 1. The first-order chi connectivity index (χ1) is 9.69. The Morgan fingerprint density at radius 2 is 2.20 bits per heavy atom. The average molecular weight is 354 g/mol. The number of hydrogen-bond donors (Lipinski definition) is 1. The van der Waals surface area contributed by atoms with E-state index in [1.165, 1.54) is 11.1 Å². The summed E-state index contributed by atoms with van der Waals surface area (Å²) in [6.45, 7) is 3.15. The SMILES string of the molecule is CCCNC(Cc1cccnc1)c1cc(Cl)cc(Br)c1. The molecule has 0 spiro atoms. The van der Waals surface area contributed by atoms with Crippen LogP contribution >= 0.6 is 27.5 Å². The van der Waals surface area contributed by atoms with Crippen molar-refractivity contribution in [2.75, 3.05) is 6.54 Å². The van der Waals surface area contributed by atoms with Gasteiger partial charge in [-0.15, -0.1) is 0 Å². The first kappa shape index (κ1) is 15.5. The summed E-state index contributed by atoms with van der Waals surface area (Å²) in [5, 5.41) is 4.33. The van der Waals surface area contributed by atoms with Gasteiger partial charge in [0, 0.05) is 27.9 Å². The van der Waals surface area contributed by atoms with Gasteiger partial charge in [-0.2, -0.15) is 0 Å². The second kappa shape index (κ2) is 7.77. The summed E-state index contributed by atoms with van der Waals surface area (Å²) in [6.07, 6.45) is 5.72. The van der Waals surface area contributed by atoms with E-state index < -0.39 is 0 Å². The normalized spacial score (nSPS) is 12.3. The second-order valence-corrected chi connectivity index (χ2v) is 6.13. The van der Waals surface area contributed by atoms with Gasteiger partial charge in [-0.3, -0.25) is 4.98 Å². The van der Waals surface area contributed by atoms with Gasteiger partial charge in [-0.25, -0.2) is 0 Å². The van der Waals surface area contributed by atoms with E-state index in [4.69, 9.17) is 11.6 Å². The van der Waals surface area contributed by atoms with Crippen molar-refractivity contribution in [2.24, 2.45) is 0 Å². The fraction of sp³-hybridized carbons (Fsp3) is 0.312. The largest absolute Gasteiger partial charge is 0.310 e. The molecule has 0 bridgehead atoms. The number of nitrogens with zero attached hydrogens (tertiary/aromatic N) is 1. The summed E-state index contributed by atoms with van der Waals surface area (Å²) in [5.74, 6) is 0. The number of pyridine rings is 1. The molecule has 1 aromatic carbocycles. The van der Waals surface area contributed by atoms with Crippen LogP contribution in [-0.2, 0) is 6.42 Å². The van der Waals surface area contributed by atoms with Crippen LogP contribution in [0.4, 0.5) is 0 Å². The maximum Gasteiger partial charge on any atom is 0.0420 e. The maximum atomic E-state index is 6.16. The van der Waals surface area contributed by atoms with Gasteiger partial charge >= 0.3 is 0 Å². The third kappa shape index (κ3) is 4.58. The van der Waals surface area contributed by atoms with Crippen molar-refractivity contribution in [1.29, 1.82) is 0 Å². The Hall–Kier alpha value is -0.900. The van der Waals surface area contributed by atoms with Gasteiger partial charge in [0.2, 0.25) is 0 Å². The number of rotatable bonds is 6. The molecule has 1 atom stereocenters. The van der Waals surface area contributed by atoms with Gasteiger partial charge in [-0.05, 0) is 54.8 Å². The van der Waals surface area contributed by atoms with Crippen LogP contribution in [0, 0.1) is 0 Å². The third-order valence-corrected chi connectivity index (χ3v) is 3.77. The minimum Gasteiger partial charge on any atom is -0.310 e. The van der Waals surface area contributed by atoms with Crippen LogP contribution in [0.1, 0.15) is 30.5 Å². The zero-order chi connectivity index (χ0) is 14.4. The zero-order valence-electron chi connectivity index (χ0n) is 11.4. The van der Waals surface area contributed by atoms with E-state index >= 15 is 0 Å². The monoisotopic (exact) mass is 352 g/mol. The summed E-state index contributed by atoms with van der Waals surface area (Å²) in [5.41, 5.74) is 2.42. The Morgan fingerprint density at radius 3 is 2.85 bits per heavy atom. The van der Waals surface area contributed by atoms with Crippen LogP contribution in [0.3, 0.4) is 0 Å². The highest BCUT2D eigenvalue weighted by atomic mass is 79.9. The number of hydrogen-bond acceptors (Lipinski definition) is 2. The third-order valence-electron chi connectivity index (χ3n) is 3.09. The van der Waals surface area contributed by atoms with Crippen LogP contribution in [0.25, 0.3) is 0 Å². The van der Waals surface area contributed by atoms with E-state index in [9.17, 15) is 0 Å². The molecule has 1 N–H and O–H groups in total. The Morgan fingerprint density at radius 1 is 1.35 bits per heavy atom. The van der Waals surface area contributed by atoms with E-state index in [2.05, 4.69) is 45.3 Å². The predicted molar refractivity (Wildman–Crippen MR) is 88.1 cm³/mol. The Balaban J connectivity index is 2.22. The smallest absolute Gasteiger partial charge is 0.0420 e. The number of benzene rings is 1. The van der Waals surface area contributed by atoms with Crippen molar-refractivity contribution in [3.63, 3.8) is 0 Å². The molecule has 0 aliphatic carbocycles. The maximum absolute atomic E-state index is 6.16. The molecular formula is C16H18BrClN2. The van der Waals surface area contributed by atoms with Crippen molar-refractivity contribution in [3.8, 4) is 0 Å². The fourth-order valence-electron chi connectivity index (χ4n) is 2.16. The standard InChI is InChI=1S/C16H18BrClN2/c1-2-5-20-16(7-12-4-3-6-19-11-12)13-8-14(17)10-15(18)9-13/h3-4,6,8-11,16,20H,2,5,7H2,1H3. The zero-order valence-corrected chi connectivity index (χ0v) is 13.8. The Labute approximate surface area is 133 Å². The predicted octanol–water partition coefficient (Wildman–Crippen LogP) is 4.78. The number of halogens is 2. The molecule has 0 saturated heterocycles. The molecule has 4 heteroatoms. The quantitative estimate of drug-likeness (QED) is 0.808.